The van der Waals surface area contributed by atoms with Crippen LogP contribution in [0, 0.1) is 12.7 Å². The first-order chi connectivity index (χ1) is 16.0. The monoisotopic (exact) mass is 444 g/mol. The molecule has 1 amide bonds. The second-order valence-electron chi connectivity index (χ2n) is 7.74. The number of allylic oxidation sites excluding steroid dienone is 1. The minimum Gasteiger partial charge on any atom is -0.493 e. The summed E-state index contributed by atoms with van der Waals surface area (Å²) >= 11 is 0. The van der Waals surface area contributed by atoms with Gasteiger partial charge in [-0.15, -0.1) is 0 Å². The Morgan fingerprint density at radius 2 is 1.91 bits per heavy atom. The second-order valence-corrected chi connectivity index (χ2v) is 7.74. The Balaban J connectivity index is 1.72. The topological polar surface area (TPSA) is 64.4 Å². The van der Waals surface area contributed by atoms with Gasteiger partial charge in [-0.3, -0.25) is 9.78 Å². The number of amides is 1. The lowest BCUT2D eigenvalue weighted by Gasteiger charge is -2.15. The smallest absolute Gasteiger partial charge is 0.244 e. The fourth-order valence-electron chi connectivity index (χ4n) is 3.81. The summed E-state index contributed by atoms with van der Waals surface area (Å²) in [5.41, 5.74) is 5.81. The maximum atomic E-state index is 13.4. The summed E-state index contributed by atoms with van der Waals surface area (Å²) in [5.74, 6) is 0.190. The predicted molar refractivity (Wildman–Crippen MR) is 127 cm³/mol. The molecule has 4 rings (SSSR count). The zero-order valence-corrected chi connectivity index (χ0v) is 18.8. The van der Waals surface area contributed by atoms with Gasteiger partial charge in [0.1, 0.15) is 17.1 Å². The number of rotatable bonds is 7. The maximum Gasteiger partial charge on any atom is 0.244 e. The lowest BCUT2D eigenvalue weighted by molar-refractivity contribution is -0.116. The highest BCUT2D eigenvalue weighted by Crippen LogP contribution is 2.40. The summed E-state index contributed by atoms with van der Waals surface area (Å²) < 4.78 is 25.2. The molecule has 33 heavy (non-hydrogen) atoms. The Kier molecular flexibility index (Phi) is 6.54. The first-order valence-electron chi connectivity index (χ1n) is 10.8. The number of hydrogen-bond acceptors (Lipinski definition) is 4. The number of nitrogens with one attached hydrogen (secondary N) is 1. The molecular weight excluding hydrogens is 419 g/mol. The highest BCUT2D eigenvalue weighted by Gasteiger charge is 2.19. The molecule has 0 bridgehead atoms. The van der Waals surface area contributed by atoms with Gasteiger partial charge in [-0.2, -0.15) is 0 Å². The van der Waals surface area contributed by atoms with Gasteiger partial charge in [0.15, 0.2) is 0 Å². The molecule has 2 heterocycles. The largest absolute Gasteiger partial charge is 0.493 e. The molecule has 0 spiro atoms. The molecule has 0 fully saturated rings. The van der Waals surface area contributed by atoms with Crippen molar-refractivity contribution in [3.8, 4) is 16.9 Å². The Morgan fingerprint density at radius 3 is 2.61 bits per heavy atom. The third-order valence-corrected chi connectivity index (χ3v) is 5.48. The van der Waals surface area contributed by atoms with Gasteiger partial charge in [-0.05, 0) is 67.8 Å². The van der Waals surface area contributed by atoms with Gasteiger partial charge in [0.2, 0.25) is 5.91 Å². The van der Waals surface area contributed by atoms with Crippen molar-refractivity contribution in [2.24, 2.45) is 0 Å². The lowest BCUT2D eigenvalue weighted by atomic mass is 9.96. The molecule has 1 N–H and O–H groups in total. The van der Waals surface area contributed by atoms with E-state index in [-0.39, 0.29) is 11.7 Å². The molecule has 0 saturated heterocycles. The third kappa shape index (κ3) is 4.80. The second kappa shape index (κ2) is 9.69. The van der Waals surface area contributed by atoms with Crippen LogP contribution in [0.1, 0.15) is 30.5 Å². The molecule has 5 nitrogen and oxygen atoms in total. The summed E-state index contributed by atoms with van der Waals surface area (Å²) in [6, 6.07) is 12.0. The molecule has 2 aromatic carbocycles. The van der Waals surface area contributed by atoms with Crippen LogP contribution in [0.25, 0.3) is 27.7 Å². The molecular formula is C27H25FN2O3. The standard InChI is InChI=1S/C27H25FN2O3/c1-4-32-26-18(3)27-23(24(16-33-27)20-5-7-21(28)8-6-20)14-22(26)17(2)13-25(31)30-15-19-9-11-29-12-10-19/h5-14,16H,4,15H2,1-3H3,(H,30,31)/b17-13+. The Morgan fingerprint density at radius 1 is 1.18 bits per heavy atom. The van der Waals surface area contributed by atoms with E-state index in [0.29, 0.717) is 24.5 Å². The first kappa shape index (κ1) is 22.3. The third-order valence-electron chi connectivity index (χ3n) is 5.48. The summed E-state index contributed by atoms with van der Waals surface area (Å²) in [5, 5.41) is 3.78. The van der Waals surface area contributed by atoms with Gasteiger partial charge in [0, 0.05) is 47.1 Å². The van der Waals surface area contributed by atoms with Crippen molar-refractivity contribution in [1.29, 1.82) is 0 Å². The van der Waals surface area contributed by atoms with E-state index in [9.17, 15) is 9.18 Å². The van der Waals surface area contributed by atoms with Crippen molar-refractivity contribution in [2.45, 2.75) is 27.3 Å². The van der Waals surface area contributed by atoms with Crippen molar-refractivity contribution in [3.63, 3.8) is 0 Å². The molecule has 168 valence electrons. The van der Waals surface area contributed by atoms with Crippen LogP contribution in [-0.2, 0) is 11.3 Å². The lowest BCUT2D eigenvalue weighted by Crippen LogP contribution is -2.20. The number of fused-ring (bicyclic) bond motifs is 1. The average molecular weight is 445 g/mol. The number of nitrogens with zero attached hydrogens (tertiary/aromatic N) is 1. The molecule has 0 saturated carbocycles. The number of carbonyl (C=O) groups excluding carboxylic acids is 1. The van der Waals surface area contributed by atoms with E-state index < -0.39 is 0 Å². The minimum absolute atomic E-state index is 0.199. The molecule has 0 atom stereocenters. The number of hydrogen-bond donors (Lipinski definition) is 1. The molecule has 0 unspecified atom stereocenters. The van der Waals surface area contributed by atoms with Crippen LogP contribution in [0.15, 0.2) is 71.6 Å². The zero-order valence-electron chi connectivity index (χ0n) is 18.8. The zero-order chi connectivity index (χ0) is 23.4. The van der Waals surface area contributed by atoms with E-state index in [2.05, 4.69) is 10.3 Å². The number of halogens is 1. The van der Waals surface area contributed by atoms with Crippen LogP contribution < -0.4 is 10.1 Å². The number of benzene rings is 2. The van der Waals surface area contributed by atoms with Gasteiger partial charge >= 0.3 is 0 Å². The molecule has 0 aliphatic rings. The highest BCUT2D eigenvalue weighted by molar-refractivity contribution is 6.01. The first-order valence-corrected chi connectivity index (χ1v) is 10.8. The van der Waals surface area contributed by atoms with Crippen molar-refractivity contribution >= 4 is 22.4 Å². The molecule has 4 aromatic rings. The highest BCUT2D eigenvalue weighted by atomic mass is 19.1. The summed E-state index contributed by atoms with van der Waals surface area (Å²) in [6.45, 7) is 6.63. The van der Waals surface area contributed by atoms with Gasteiger partial charge in [-0.25, -0.2) is 4.39 Å². The average Bonchev–Trinajstić information content (AvgIpc) is 3.25. The number of ether oxygens (including phenoxy) is 1. The summed E-state index contributed by atoms with van der Waals surface area (Å²) in [7, 11) is 0. The van der Waals surface area contributed by atoms with Crippen LogP contribution in [0.3, 0.4) is 0 Å². The normalized spacial score (nSPS) is 11.6. The molecule has 6 heteroatoms. The van der Waals surface area contributed by atoms with Crippen LogP contribution in [0.4, 0.5) is 4.39 Å². The van der Waals surface area contributed by atoms with E-state index in [1.54, 1.807) is 36.9 Å². The minimum atomic E-state index is -0.293. The SMILES string of the molecule is CCOc1c(/C(C)=C/C(=O)NCc2ccncc2)cc2c(-c3ccc(F)cc3)coc2c1C. The van der Waals surface area contributed by atoms with E-state index in [1.165, 1.54) is 12.1 Å². The molecule has 0 radical (unpaired) electrons. The Labute approximate surface area is 191 Å². The van der Waals surface area contributed by atoms with E-state index in [1.807, 2.05) is 39.0 Å². The number of carbonyl (C=O) groups is 1. The van der Waals surface area contributed by atoms with E-state index in [0.717, 1.165) is 38.8 Å². The summed E-state index contributed by atoms with van der Waals surface area (Å²) in [4.78, 5) is 16.6. The van der Waals surface area contributed by atoms with E-state index in [4.69, 9.17) is 9.15 Å². The number of aromatic nitrogens is 1. The fourth-order valence-corrected chi connectivity index (χ4v) is 3.81. The Hall–Kier alpha value is -3.93. The van der Waals surface area contributed by atoms with Crippen molar-refractivity contribution in [2.75, 3.05) is 6.61 Å². The van der Waals surface area contributed by atoms with Crippen molar-refractivity contribution in [1.82, 2.24) is 10.3 Å². The molecule has 2 aromatic heterocycles. The van der Waals surface area contributed by atoms with Crippen molar-refractivity contribution in [3.05, 3.63) is 89.7 Å². The van der Waals surface area contributed by atoms with Crippen molar-refractivity contribution < 1.29 is 18.3 Å². The van der Waals surface area contributed by atoms with Crippen LogP contribution in [0.5, 0.6) is 5.75 Å². The molecule has 0 aliphatic heterocycles. The quantitative estimate of drug-likeness (QED) is 0.352. The number of pyridine rings is 1. The van der Waals surface area contributed by atoms with Crippen LogP contribution in [-0.4, -0.2) is 17.5 Å². The number of furan rings is 1. The molecule has 0 aliphatic carbocycles. The fraction of sp³-hybridized carbons (Fsp3) is 0.185. The maximum absolute atomic E-state index is 13.4. The summed E-state index contributed by atoms with van der Waals surface area (Å²) in [6.07, 6.45) is 6.63. The van der Waals surface area contributed by atoms with Gasteiger partial charge in [0.05, 0.1) is 12.9 Å². The van der Waals surface area contributed by atoms with Gasteiger partial charge in [0.25, 0.3) is 0 Å². The van der Waals surface area contributed by atoms with Gasteiger partial charge < -0.3 is 14.5 Å². The van der Waals surface area contributed by atoms with Gasteiger partial charge in [-0.1, -0.05) is 12.1 Å². The Bertz CT molecular complexity index is 1310. The number of aryl methyl sites for hydroxylation is 1. The van der Waals surface area contributed by atoms with Crippen LogP contribution in [0.2, 0.25) is 0 Å². The van der Waals surface area contributed by atoms with E-state index >= 15 is 0 Å². The predicted octanol–water partition coefficient (Wildman–Crippen LogP) is 6.06. The van der Waals surface area contributed by atoms with Crippen LogP contribution >= 0.6 is 0 Å².